The summed E-state index contributed by atoms with van der Waals surface area (Å²) in [5.41, 5.74) is 0.603. The van der Waals surface area contributed by atoms with Crippen LogP contribution in [-0.4, -0.2) is 35.3 Å². The number of carbonyl (C=O) groups excluding carboxylic acids is 1. The molecule has 2 aliphatic rings. The van der Waals surface area contributed by atoms with Crippen LogP contribution in [0.3, 0.4) is 0 Å². The molecule has 2 atom stereocenters. The van der Waals surface area contributed by atoms with Crippen molar-refractivity contribution in [3.63, 3.8) is 0 Å². The topological polar surface area (TPSA) is 84.9 Å². The van der Waals surface area contributed by atoms with E-state index >= 15 is 0 Å². The summed E-state index contributed by atoms with van der Waals surface area (Å²) in [5.74, 6) is -0.693. The molecule has 1 saturated carbocycles. The average Bonchev–Trinajstić information content (AvgIpc) is 3.20. The van der Waals surface area contributed by atoms with Crippen molar-refractivity contribution in [2.24, 2.45) is 0 Å². The second-order valence-corrected chi connectivity index (χ2v) is 6.04. The van der Waals surface area contributed by atoms with E-state index < -0.39 is 18.2 Å². The van der Waals surface area contributed by atoms with Gasteiger partial charge in [0.05, 0.1) is 11.8 Å². The monoisotopic (exact) mass is 319 g/mol. The van der Waals surface area contributed by atoms with E-state index in [0.717, 1.165) is 12.8 Å². The first-order valence-electron chi connectivity index (χ1n) is 8.08. The lowest BCUT2D eigenvalue weighted by Crippen LogP contribution is -2.30. The molecule has 23 heavy (non-hydrogen) atoms. The van der Waals surface area contributed by atoms with Gasteiger partial charge in [0, 0.05) is 0 Å². The first kappa shape index (κ1) is 15.8. The Morgan fingerprint density at radius 3 is 2.48 bits per heavy atom. The summed E-state index contributed by atoms with van der Waals surface area (Å²) >= 11 is 0. The summed E-state index contributed by atoms with van der Waals surface area (Å²) in [6.45, 7) is 0. The highest BCUT2D eigenvalue weighted by Gasteiger charge is 2.35. The minimum Gasteiger partial charge on any atom is -0.488 e. The Balaban J connectivity index is 1.63. The Morgan fingerprint density at radius 1 is 1.09 bits per heavy atom. The van der Waals surface area contributed by atoms with Crippen LogP contribution in [0.2, 0.25) is 0 Å². The zero-order valence-corrected chi connectivity index (χ0v) is 12.9. The van der Waals surface area contributed by atoms with Crippen LogP contribution in [-0.2, 0) is 14.3 Å². The molecule has 1 aliphatic carbocycles. The van der Waals surface area contributed by atoms with Crippen molar-refractivity contribution < 1.29 is 24.2 Å². The third-order valence-corrected chi connectivity index (χ3v) is 4.33. The lowest BCUT2D eigenvalue weighted by atomic mass is 10.2. The van der Waals surface area contributed by atoms with Crippen molar-refractivity contribution >= 4 is 17.6 Å². The number of hydrogen-bond donors (Lipinski definition) is 2. The molecule has 0 spiro atoms. The van der Waals surface area contributed by atoms with Gasteiger partial charge in [0.15, 0.2) is 6.10 Å². The van der Waals surface area contributed by atoms with Crippen LogP contribution in [0.25, 0.3) is 0 Å². The predicted molar refractivity (Wildman–Crippen MR) is 83.5 cm³/mol. The van der Waals surface area contributed by atoms with E-state index in [1.54, 1.807) is 6.07 Å². The molecule has 0 bridgehead atoms. The van der Waals surface area contributed by atoms with E-state index in [4.69, 9.17) is 14.6 Å². The predicted octanol–water partition coefficient (Wildman–Crippen LogP) is 2.58. The first-order chi connectivity index (χ1) is 11.1. The quantitative estimate of drug-likeness (QED) is 0.871. The molecule has 2 N–H and O–H groups in total. The van der Waals surface area contributed by atoms with Gasteiger partial charge < -0.3 is 19.9 Å². The molecule has 1 aromatic carbocycles. The third-order valence-electron chi connectivity index (χ3n) is 4.33. The minimum absolute atomic E-state index is 0.201. The molecule has 1 aliphatic heterocycles. The maximum absolute atomic E-state index is 12.3. The lowest BCUT2D eigenvalue weighted by molar-refractivity contribution is -0.150. The van der Waals surface area contributed by atoms with E-state index in [1.165, 1.54) is 12.8 Å². The largest absolute Gasteiger partial charge is 0.488 e. The molecule has 0 aromatic heterocycles. The first-order valence-corrected chi connectivity index (χ1v) is 8.08. The highest BCUT2D eigenvalue weighted by atomic mass is 16.5. The molecule has 124 valence electrons. The smallest absolute Gasteiger partial charge is 0.332 e. The Bertz CT molecular complexity index is 582. The van der Waals surface area contributed by atoms with Crippen LogP contribution in [0.4, 0.5) is 5.69 Å². The zero-order chi connectivity index (χ0) is 16.2. The van der Waals surface area contributed by atoms with Crippen molar-refractivity contribution in [1.29, 1.82) is 0 Å². The summed E-state index contributed by atoms with van der Waals surface area (Å²) < 4.78 is 11.3. The number of carbonyl (C=O) groups is 2. The number of amides is 1. The van der Waals surface area contributed by atoms with Gasteiger partial charge in [-0.2, -0.15) is 0 Å². The van der Waals surface area contributed by atoms with Gasteiger partial charge in [0.25, 0.3) is 5.91 Å². The van der Waals surface area contributed by atoms with Crippen LogP contribution in [0.1, 0.15) is 38.5 Å². The van der Waals surface area contributed by atoms with E-state index in [2.05, 4.69) is 5.32 Å². The molecule has 3 rings (SSSR count). The maximum Gasteiger partial charge on any atom is 0.332 e. The number of carboxylic acid groups (broad SMARTS) is 1. The number of ether oxygens (including phenoxy) is 2. The fourth-order valence-electron chi connectivity index (χ4n) is 3.08. The van der Waals surface area contributed by atoms with Crippen LogP contribution < -0.4 is 10.1 Å². The van der Waals surface area contributed by atoms with Gasteiger partial charge in [-0.25, -0.2) is 4.79 Å². The van der Waals surface area contributed by atoms with Crippen molar-refractivity contribution in [2.75, 3.05) is 5.32 Å². The Hall–Kier alpha value is -2.08. The molecule has 6 heteroatoms. The van der Waals surface area contributed by atoms with Crippen LogP contribution in [0.5, 0.6) is 5.75 Å². The standard InChI is InChI=1S/C17H21NO5/c19-16(14-9-10-15(23-14)17(20)21)18-12-7-3-4-8-13(12)22-11-5-1-2-6-11/h3-4,7-8,11,14-15H,1-2,5-6,9-10H2,(H,18,19)(H,20,21)/t14-,15+/m0/s1. The van der Waals surface area contributed by atoms with E-state index in [1.807, 2.05) is 18.2 Å². The molecule has 0 unspecified atom stereocenters. The molecular weight excluding hydrogens is 298 g/mol. The lowest BCUT2D eigenvalue weighted by Gasteiger charge is -2.18. The van der Waals surface area contributed by atoms with Crippen molar-refractivity contribution in [3.05, 3.63) is 24.3 Å². The fourth-order valence-corrected chi connectivity index (χ4v) is 3.08. The van der Waals surface area contributed by atoms with Gasteiger partial charge in [-0.15, -0.1) is 0 Å². The number of para-hydroxylation sites is 2. The number of hydrogen-bond acceptors (Lipinski definition) is 4. The van der Waals surface area contributed by atoms with Crippen LogP contribution >= 0.6 is 0 Å². The molecule has 6 nitrogen and oxygen atoms in total. The number of benzene rings is 1. The molecular formula is C17H21NO5. The number of carboxylic acids is 1. The highest BCUT2D eigenvalue weighted by molar-refractivity contribution is 5.96. The Morgan fingerprint density at radius 2 is 1.78 bits per heavy atom. The number of nitrogens with one attached hydrogen (secondary N) is 1. The summed E-state index contributed by atoms with van der Waals surface area (Å²) in [4.78, 5) is 23.2. The maximum atomic E-state index is 12.3. The van der Waals surface area contributed by atoms with Crippen LogP contribution in [0.15, 0.2) is 24.3 Å². The highest BCUT2D eigenvalue weighted by Crippen LogP contribution is 2.30. The normalized spacial score (nSPS) is 24.5. The van der Waals surface area contributed by atoms with Gasteiger partial charge in [0.2, 0.25) is 0 Å². The molecule has 1 amide bonds. The van der Waals surface area contributed by atoms with Gasteiger partial charge in [-0.05, 0) is 50.7 Å². The second kappa shape index (κ2) is 7.00. The average molecular weight is 319 g/mol. The van der Waals surface area contributed by atoms with Crippen LogP contribution in [0, 0.1) is 0 Å². The third kappa shape index (κ3) is 3.82. The molecule has 1 heterocycles. The van der Waals surface area contributed by atoms with E-state index in [-0.39, 0.29) is 12.0 Å². The molecule has 2 fully saturated rings. The zero-order valence-electron chi connectivity index (χ0n) is 12.9. The molecule has 0 radical (unpaired) electrons. The van der Waals surface area contributed by atoms with Crippen molar-refractivity contribution in [3.8, 4) is 5.75 Å². The molecule has 1 saturated heterocycles. The summed E-state index contributed by atoms with van der Waals surface area (Å²) in [5, 5.41) is 11.7. The van der Waals surface area contributed by atoms with Crippen molar-refractivity contribution in [2.45, 2.75) is 56.8 Å². The van der Waals surface area contributed by atoms with E-state index in [0.29, 0.717) is 24.3 Å². The van der Waals surface area contributed by atoms with Gasteiger partial charge in [0.1, 0.15) is 11.9 Å². The number of aliphatic carboxylic acids is 1. The molecule has 1 aromatic rings. The van der Waals surface area contributed by atoms with E-state index in [9.17, 15) is 9.59 Å². The minimum atomic E-state index is -1.02. The van der Waals surface area contributed by atoms with Gasteiger partial charge >= 0.3 is 5.97 Å². The SMILES string of the molecule is O=C(Nc1ccccc1OC1CCCC1)[C@@H]1CC[C@H](C(=O)O)O1. The summed E-state index contributed by atoms with van der Waals surface area (Å²) in [6.07, 6.45) is 3.76. The summed E-state index contributed by atoms with van der Waals surface area (Å²) in [6, 6.07) is 7.31. The van der Waals surface area contributed by atoms with Crippen molar-refractivity contribution in [1.82, 2.24) is 0 Å². The summed E-state index contributed by atoms with van der Waals surface area (Å²) in [7, 11) is 0. The van der Waals surface area contributed by atoms with Gasteiger partial charge in [-0.3, -0.25) is 4.79 Å². The van der Waals surface area contributed by atoms with Gasteiger partial charge in [-0.1, -0.05) is 12.1 Å². The number of rotatable bonds is 5. The Labute approximate surface area is 134 Å². The number of anilines is 1. The second-order valence-electron chi connectivity index (χ2n) is 6.04. The fraction of sp³-hybridized carbons (Fsp3) is 0.529. The Kier molecular flexibility index (Phi) is 4.81.